The van der Waals surface area contributed by atoms with Crippen LogP contribution < -0.4 is 5.32 Å². The van der Waals surface area contributed by atoms with Gasteiger partial charge in [-0.3, -0.25) is 4.79 Å². The van der Waals surface area contributed by atoms with Crippen LogP contribution in [0, 0.1) is 11.3 Å². The van der Waals surface area contributed by atoms with Gasteiger partial charge >= 0.3 is 0 Å². The Morgan fingerprint density at radius 2 is 2.14 bits per heavy atom. The van der Waals surface area contributed by atoms with Crippen molar-refractivity contribution in [2.45, 2.75) is 6.42 Å². The van der Waals surface area contributed by atoms with E-state index in [-0.39, 0.29) is 11.5 Å². The highest BCUT2D eigenvalue weighted by Crippen LogP contribution is 2.15. The maximum Gasteiger partial charge on any atom is 0.266 e. The Morgan fingerprint density at radius 3 is 2.82 bits per heavy atom. The van der Waals surface area contributed by atoms with Gasteiger partial charge in [0.15, 0.2) is 0 Å². The molecule has 0 radical (unpaired) electrons. The molecule has 1 fully saturated rings. The Bertz CT molecular complexity index is 589. The summed E-state index contributed by atoms with van der Waals surface area (Å²) >= 11 is 3.50. The summed E-state index contributed by atoms with van der Waals surface area (Å²) in [5, 5.41) is 12.2. The molecule has 0 atom stereocenters. The van der Waals surface area contributed by atoms with Crippen LogP contribution in [0.1, 0.15) is 5.56 Å². The van der Waals surface area contributed by atoms with Gasteiger partial charge < -0.3 is 15.0 Å². The highest BCUT2D eigenvalue weighted by molar-refractivity contribution is 9.10. The standard InChI is InChI=1S/C16H18BrN3O2/c17-15-4-2-1-3-13(15)5-6-19-12-14(11-18)16(21)20-7-9-22-10-8-20/h1-4,12,19H,5-10H2/b14-12-. The van der Waals surface area contributed by atoms with E-state index >= 15 is 0 Å². The molecule has 1 aromatic carbocycles. The molecule has 0 spiro atoms. The van der Waals surface area contributed by atoms with Crippen molar-refractivity contribution in [3.8, 4) is 6.07 Å². The SMILES string of the molecule is N#C/C(=C/NCCc1ccccc1Br)C(=O)N1CCOCC1. The van der Waals surface area contributed by atoms with Crippen molar-refractivity contribution in [2.24, 2.45) is 0 Å². The van der Waals surface area contributed by atoms with E-state index < -0.39 is 0 Å². The maximum atomic E-state index is 12.2. The fraction of sp³-hybridized carbons (Fsp3) is 0.375. The van der Waals surface area contributed by atoms with Gasteiger partial charge in [-0.2, -0.15) is 5.26 Å². The van der Waals surface area contributed by atoms with Gasteiger partial charge in [0.1, 0.15) is 11.6 Å². The van der Waals surface area contributed by atoms with Gasteiger partial charge in [0, 0.05) is 30.3 Å². The number of nitrogens with zero attached hydrogens (tertiary/aromatic N) is 2. The number of carbonyl (C=O) groups is 1. The van der Waals surface area contributed by atoms with Crippen LogP contribution in [0.25, 0.3) is 0 Å². The van der Waals surface area contributed by atoms with E-state index in [1.54, 1.807) is 4.90 Å². The van der Waals surface area contributed by atoms with Crippen LogP contribution in [-0.2, 0) is 16.0 Å². The van der Waals surface area contributed by atoms with E-state index in [2.05, 4.69) is 21.2 Å². The number of halogens is 1. The van der Waals surface area contributed by atoms with Crippen LogP contribution in [0.15, 0.2) is 40.5 Å². The lowest BCUT2D eigenvalue weighted by Gasteiger charge is -2.26. The van der Waals surface area contributed by atoms with E-state index in [9.17, 15) is 4.79 Å². The van der Waals surface area contributed by atoms with Crippen molar-refractivity contribution < 1.29 is 9.53 Å². The quantitative estimate of drug-likeness (QED) is 0.492. The Labute approximate surface area is 138 Å². The number of amides is 1. The van der Waals surface area contributed by atoms with Crippen molar-refractivity contribution in [3.63, 3.8) is 0 Å². The van der Waals surface area contributed by atoms with Crippen molar-refractivity contribution in [3.05, 3.63) is 46.1 Å². The zero-order valence-corrected chi connectivity index (χ0v) is 13.8. The molecule has 1 heterocycles. The normalized spacial score (nSPS) is 15.3. The van der Waals surface area contributed by atoms with E-state index in [1.165, 1.54) is 11.8 Å². The summed E-state index contributed by atoms with van der Waals surface area (Å²) < 4.78 is 6.27. The number of morpholine rings is 1. The Morgan fingerprint density at radius 1 is 1.41 bits per heavy atom. The number of benzene rings is 1. The molecule has 5 nitrogen and oxygen atoms in total. The third kappa shape index (κ3) is 4.58. The topological polar surface area (TPSA) is 65.4 Å². The molecule has 0 aromatic heterocycles. The van der Waals surface area contributed by atoms with Crippen molar-refractivity contribution >= 4 is 21.8 Å². The molecule has 116 valence electrons. The van der Waals surface area contributed by atoms with Crippen LogP contribution in [0.2, 0.25) is 0 Å². The zero-order chi connectivity index (χ0) is 15.8. The van der Waals surface area contributed by atoms with Crippen LogP contribution in [0.5, 0.6) is 0 Å². The molecular weight excluding hydrogens is 346 g/mol. The Hall–Kier alpha value is -1.84. The number of hydrogen-bond acceptors (Lipinski definition) is 4. The monoisotopic (exact) mass is 363 g/mol. The molecule has 1 N–H and O–H groups in total. The fourth-order valence-electron chi connectivity index (χ4n) is 2.16. The molecule has 1 aliphatic rings. The van der Waals surface area contributed by atoms with Crippen molar-refractivity contribution in [2.75, 3.05) is 32.8 Å². The molecule has 1 amide bonds. The number of hydrogen-bond donors (Lipinski definition) is 1. The van der Waals surface area contributed by atoms with E-state index in [0.717, 1.165) is 10.9 Å². The molecule has 1 saturated heterocycles. The fourth-order valence-corrected chi connectivity index (χ4v) is 2.64. The molecule has 0 saturated carbocycles. The predicted octanol–water partition coefficient (Wildman–Crippen LogP) is 1.85. The van der Waals surface area contributed by atoms with Gasteiger partial charge in [-0.1, -0.05) is 34.1 Å². The predicted molar refractivity (Wildman–Crippen MR) is 86.9 cm³/mol. The van der Waals surface area contributed by atoms with Crippen LogP contribution in [0.3, 0.4) is 0 Å². The molecular formula is C16H18BrN3O2. The van der Waals surface area contributed by atoms with Crippen molar-refractivity contribution in [1.29, 1.82) is 5.26 Å². The third-order valence-corrected chi connectivity index (χ3v) is 4.17. The molecule has 0 unspecified atom stereocenters. The van der Waals surface area contributed by atoms with Gasteiger partial charge in [-0.15, -0.1) is 0 Å². The second kappa shape index (κ2) is 8.57. The summed E-state index contributed by atoms with van der Waals surface area (Å²) in [6.45, 7) is 2.79. The average molecular weight is 364 g/mol. The number of ether oxygens (including phenoxy) is 1. The highest BCUT2D eigenvalue weighted by Gasteiger charge is 2.20. The maximum absolute atomic E-state index is 12.2. The lowest BCUT2D eigenvalue weighted by Crippen LogP contribution is -2.41. The highest BCUT2D eigenvalue weighted by atomic mass is 79.9. The molecule has 0 aliphatic carbocycles. The molecule has 6 heteroatoms. The molecule has 1 aromatic rings. The van der Waals surface area contributed by atoms with Gasteiger partial charge in [0.05, 0.1) is 13.2 Å². The van der Waals surface area contributed by atoms with Crippen LogP contribution in [-0.4, -0.2) is 43.7 Å². The second-order valence-electron chi connectivity index (χ2n) is 4.87. The van der Waals surface area contributed by atoms with Crippen LogP contribution >= 0.6 is 15.9 Å². The summed E-state index contributed by atoms with van der Waals surface area (Å²) in [5.74, 6) is -0.237. The summed E-state index contributed by atoms with van der Waals surface area (Å²) in [6.07, 6.45) is 2.32. The lowest BCUT2D eigenvalue weighted by atomic mass is 10.1. The van der Waals surface area contributed by atoms with Gasteiger partial charge in [0.2, 0.25) is 0 Å². The number of nitrogens with one attached hydrogen (secondary N) is 1. The number of nitriles is 1. The lowest BCUT2D eigenvalue weighted by molar-refractivity contribution is -0.130. The van der Waals surface area contributed by atoms with Gasteiger partial charge in [-0.25, -0.2) is 0 Å². The zero-order valence-electron chi connectivity index (χ0n) is 12.2. The smallest absolute Gasteiger partial charge is 0.266 e. The summed E-state index contributed by atoms with van der Waals surface area (Å²) in [6, 6.07) is 9.95. The van der Waals surface area contributed by atoms with Crippen molar-refractivity contribution in [1.82, 2.24) is 10.2 Å². The molecule has 0 bridgehead atoms. The van der Waals surface area contributed by atoms with Crippen LogP contribution in [0.4, 0.5) is 0 Å². The first-order chi connectivity index (χ1) is 10.7. The average Bonchev–Trinajstić information content (AvgIpc) is 2.57. The molecule has 1 aliphatic heterocycles. The molecule has 22 heavy (non-hydrogen) atoms. The molecule has 2 rings (SSSR count). The minimum atomic E-state index is -0.237. The van der Waals surface area contributed by atoms with Gasteiger partial charge in [0.25, 0.3) is 5.91 Å². The Balaban J connectivity index is 1.86. The number of carbonyl (C=O) groups excluding carboxylic acids is 1. The number of rotatable bonds is 5. The second-order valence-corrected chi connectivity index (χ2v) is 5.72. The van der Waals surface area contributed by atoms with E-state index in [1.807, 2.05) is 30.3 Å². The van der Waals surface area contributed by atoms with E-state index in [0.29, 0.717) is 32.8 Å². The summed E-state index contributed by atoms with van der Waals surface area (Å²) in [5.41, 5.74) is 1.32. The first-order valence-electron chi connectivity index (χ1n) is 7.16. The Kier molecular flexibility index (Phi) is 6.44. The summed E-state index contributed by atoms with van der Waals surface area (Å²) in [4.78, 5) is 13.8. The summed E-state index contributed by atoms with van der Waals surface area (Å²) in [7, 11) is 0. The minimum absolute atomic E-state index is 0.133. The minimum Gasteiger partial charge on any atom is -0.389 e. The van der Waals surface area contributed by atoms with E-state index in [4.69, 9.17) is 10.00 Å². The van der Waals surface area contributed by atoms with Gasteiger partial charge in [-0.05, 0) is 18.1 Å². The first-order valence-corrected chi connectivity index (χ1v) is 7.95. The third-order valence-electron chi connectivity index (χ3n) is 3.39. The largest absolute Gasteiger partial charge is 0.389 e. The first kappa shape index (κ1) is 16.5.